The number of thioether (sulfide) groups is 1. The Balaban J connectivity index is 1.86. The molecular formula is C17H26FNOS. The normalized spacial score (nSPS) is 25.4. The Morgan fingerprint density at radius 3 is 3.05 bits per heavy atom. The Morgan fingerprint density at radius 1 is 1.48 bits per heavy atom. The van der Waals surface area contributed by atoms with E-state index < -0.39 is 0 Å². The van der Waals surface area contributed by atoms with Gasteiger partial charge in [-0.1, -0.05) is 19.4 Å². The molecule has 1 aromatic rings. The van der Waals surface area contributed by atoms with Crippen molar-refractivity contribution in [1.29, 1.82) is 0 Å². The first-order valence-corrected chi connectivity index (χ1v) is 8.93. The SMILES string of the molecule is CCCNC1(CO)CCCC1CCSc1cccc(F)c1. The maximum absolute atomic E-state index is 13.2. The van der Waals surface area contributed by atoms with Crippen molar-refractivity contribution in [3.63, 3.8) is 0 Å². The second kappa shape index (κ2) is 8.16. The van der Waals surface area contributed by atoms with Crippen molar-refractivity contribution in [3.8, 4) is 0 Å². The van der Waals surface area contributed by atoms with Gasteiger partial charge in [0, 0.05) is 10.4 Å². The highest BCUT2D eigenvalue weighted by atomic mass is 32.2. The molecule has 118 valence electrons. The van der Waals surface area contributed by atoms with Gasteiger partial charge in [-0.25, -0.2) is 4.39 Å². The quantitative estimate of drug-likeness (QED) is 0.716. The number of aliphatic hydroxyl groups excluding tert-OH is 1. The summed E-state index contributed by atoms with van der Waals surface area (Å²) < 4.78 is 13.2. The lowest BCUT2D eigenvalue weighted by molar-refractivity contribution is 0.122. The van der Waals surface area contributed by atoms with Gasteiger partial charge in [0.15, 0.2) is 0 Å². The maximum Gasteiger partial charge on any atom is 0.124 e. The van der Waals surface area contributed by atoms with Crippen LogP contribution in [0.1, 0.15) is 39.0 Å². The van der Waals surface area contributed by atoms with E-state index in [1.165, 1.54) is 18.9 Å². The average molecular weight is 311 g/mol. The standard InChI is InChI=1S/C17H26FNOS/c1-2-10-19-17(13-20)9-4-5-14(17)8-11-21-16-7-3-6-15(18)12-16/h3,6-7,12,14,19-20H,2,4-5,8-11,13H2,1H3. The van der Waals surface area contributed by atoms with Crippen LogP contribution in [0.2, 0.25) is 0 Å². The molecular weight excluding hydrogens is 285 g/mol. The van der Waals surface area contributed by atoms with Crippen LogP contribution in [0.15, 0.2) is 29.2 Å². The molecule has 1 aliphatic carbocycles. The predicted molar refractivity (Wildman–Crippen MR) is 87.2 cm³/mol. The van der Waals surface area contributed by atoms with Crippen LogP contribution < -0.4 is 5.32 Å². The van der Waals surface area contributed by atoms with Gasteiger partial charge >= 0.3 is 0 Å². The van der Waals surface area contributed by atoms with E-state index >= 15 is 0 Å². The average Bonchev–Trinajstić information content (AvgIpc) is 2.89. The van der Waals surface area contributed by atoms with Gasteiger partial charge in [0.25, 0.3) is 0 Å². The lowest BCUT2D eigenvalue weighted by Crippen LogP contribution is -2.51. The van der Waals surface area contributed by atoms with Gasteiger partial charge in [-0.2, -0.15) is 0 Å². The van der Waals surface area contributed by atoms with Crippen molar-refractivity contribution in [2.75, 3.05) is 18.9 Å². The summed E-state index contributed by atoms with van der Waals surface area (Å²) >= 11 is 1.71. The molecule has 1 aromatic carbocycles. The molecule has 1 fully saturated rings. The molecule has 2 rings (SSSR count). The van der Waals surface area contributed by atoms with Crippen molar-refractivity contribution in [1.82, 2.24) is 5.32 Å². The molecule has 1 saturated carbocycles. The van der Waals surface area contributed by atoms with E-state index in [0.29, 0.717) is 5.92 Å². The van der Waals surface area contributed by atoms with Crippen LogP contribution in [-0.2, 0) is 0 Å². The van der Waals surface area contributed by atoms with E-state index in [1.54, 1.807) is 23.9 Å². The highest BCUT2D eigenvalue weighted by Gasteiger charge is 2.41. The largest absolute Gasteiger partial charge is 0.394 e. The number of nitrogens with one attached hydrogen (secondary N) is 1. The number of rotatable bonds is 8. The molecule has 0 radical (unpaired) electrons. The van der Waals surface area contributed by atoms with E-state index in [2.05, 4.69) is 12.2 Å². The van der Waals surface area contributed by atoms with E-state index in [0.717, 1.165) is 36.5 Å². The van der Waals surface area contributed by atoms with Gasteiger partial charge in [0.2, 0.25) is 0 Å². The highest BCUT2D eigenvalue weighted by molar-refractivity contribution is 7.99. The minimum Gasteiger partial charge on any atom is -0.394 e. The fourth-order valence-corrected chi connectivity index (χ4v) is 4.32. The minimum absolute atomic E-state index is 0.0848. The first kappa shape index (κ1) is 16.8. The summed E-state index contributed by atoms with van der Waals surface area (Å²) in [4.78, 5) is 0.990. The minimum atomic E-state index is -0.171. The van der Waals surface area contributed by atoms with E-state index in [-0.39, 0.29) is 18.0 Å². The van der Waals surface area contributed by atoms with E-state index in [4.69, 9.17) is 0 Å². The number of halogens is 1. The topological polar surface area (TPSA) is 32.3 Å². The first-order chi connectivity index (χ1) is 10.2. The molecule has 0 aromatic heterocycles. The maximum atomic E-state index is 13.2. The van der Waals surface area contributed by atoms with Gasteiger partial charge in [0.1, 0.15) is 5.82 Å². The molecule has 0 aliphatic heterocycles. The van der Waals surface area contributed by atoms with Crippen LogP contribution in [0.5, 0.6) is 0 Å². The van der Waals surface area contributed by atoms with Gasteiger partial charge in [-0.15, -0.1) is 11.8 Å². The number of hydrogen-bond donors (Lipinski definition) is 2. The Morgan fingerprint density at radius 2 is 2.33 bits per heavy atom. The fourth-order valence-electron chi connectivity index (χ4n) is 3.31. The molecule has 2 unspecified atom stereocenters. The van der Waals surface area contributed by atoms with Crippen LogP contribution in [0.4, 0.5) is 4.39 Å². The predicted octanol–water partition coefficient (Wildman–Crippen LogP) is 3.84. The lowest BCUT2D eigenvalue weighted by Gasteiger charge is -2.35. The second-order valence-corrected chi connectivity index (χ2v) is 7.09. The third-order valence-corrected chi connectivity index (χ3v) is 5.52. The summed E-state index contributed by atoms with van der Waals surface area (Å²) in [6.07, 6.45) is 5.59. The first-order valence-electron chi connectivity index (χ1n) is 7.94. The Hall–Kier alpha value is -0.580. The molecule has 2 N–H and O–H groups in total. The van der Waals surface area contributed by atoms with E-state index in [1.807, 2.05) is 6.07 Å². The summed E-state index contributed by atoms with van der Waals surface area (Å²) in [7, 11) is 0. The van der Waals surface area contributed by atoms with Crippen LogP contribution in [0.3, 0.4) is 0 Å². The summed E-state index contributed by atoms with van der Waals surface area (Å²) in [5.74, 6) is 1.33. The van der Waals surface area contributed by atoms with Crippen molar-refractivity contribution in [2.24, 2.45) is 5.92 Å². The fraction of sp³-hybridized carbons (Fsp3) is 0.647. The molecule has 21 heavy (non-hydrogen) atoms. The van der Waals surface area contributed by atoms with Crippen LogP contribution in [-0.4, -0.2) is 29.5 Å². The number of benzene rings is 1. The molecule has 0 amide bonds. The summed E-state index contributed by atoms with van der Waals surface area (Å²) in [5, 5.41) is 13.4. The zero-order valence-corrected chi connectivity index (χ0v) is 13.6. The molecule has 0 saturated heterocycles. The van der Waals surface area contributed by atoms with Crippen molar-refractivity contribution in [2.45, 2.75) is 49.5 Å². The zero-order chi connectivity index (χ0) is 15.1. The van der Waals surface area contributed by atoms with Crippen molar-refractivity contribution < 1.29 is 9.50 Å². The summed E-state index contributed by atoms with van der Waals surface area (Å²) in [6, 6.07) is 6.78. The third kappa shape index (κ3) is 4.44. The van der Waals surface area contributed by atoms with Crippen LogP contribution in [0, 0.1) is 11.7 Å². The Bertz CT molecular complexity index is 443. The molecule has 4 heteroatoms. The third-order valence-electron chi connectivity index (χ3n) is 4.50. The summed E-state index contributed by atoms with van der Waals surface area (Å²) in [5.41, 5.74) is -0.0848. The van der Waals surface area contributed by atoms with Gasteiger partial charge < -0.3 is 10.4 Å². The number of aliphatic hydroxyl groups is 1. The highest BCUT2D eigenvalue weighted by Crippen LogP contribution is 2.39. The zero-order valence-electron chi connectivity index (χ0n) is 12.8. The van der Waals surface area contributed by atoms with Crippen LogP contribution >= 0.6 is 11.8 Å². The second-order valence-electron chi connectivity index (χ2n) is 5.92. The smallest absolute Gasteiger partial charge is 0.124 e. The molecule has 2 atom stereocenters. The van der Waals surface area contributed by atoms with E-state index in [9.17, 15) is 9.50 Å². The molecule has 2 nitrogen and oxygen atoms in total. The molecule has 0 spiro atoms. The van der Waals surface area contributed by atoms with Gasteiger partial charge in [-0.05, 0) is 62.1 Å². The van der Waals surface area contributed by atoms with Crippen molar-refractivity contribution >= 4 is 11.8 Å². The summed E-state index contributed by atoms with van der Waals surface area (Å²) in [6.45, 7) is 3.35. The van der Waals surface area contributed by atoms with Gasteiger partial charge in [0.05, 0.1) is 6.61 Å². The molecule has 0 heterocycles. The Kier molecular flexibility index (Phi) is 6.52. The lowest BCUT2D eigenvalue weighted by atomic mass is 9.85. The Labute approximate surface area is 131 Å². The van der Waals surface area contributed by atoms with Gasteiger partial charge in [-0.3, -0.25) is 0 Å². The monoisotopic (exact) mass is 311 g/mol. The molecule has 1 aliphatic rings. The molecule has 0 bridgehead atoms. The van der Waals surface area contributed by atoms with Crippen LogP contribution in [0.25, 0.3) is 0 Å². The van der Waals surface area contributed by atoms with Crippen molar-refractivity contribution in [3.05, 3.63) is 30.1 Å². The number of hydrogen-bond acceptors (Lipinski definition) is 3.